The van der Waals surface area contributed by atoms with E-state index in [0.29, 0.717) is 23.3 Å². The summed E-state index contributed by atoms with van der Waals surface area (Å²) in [7, 11) is -3.84. The molecule has 0 bridgehead atoms. The number of carboxylic acids is 1. The number of hydrogen-bond donors (Lipinski definition) is 2. The van der Waals surface area contributed by atoms with Gasteiger partial charge in [0.25, 0.3) is 0 Å². The number of rotatable bonds is 5. The first-order chi connectivity index (χ1) is 11.9. The van der Waals surface area contributed by atoms with Crippen LogP contribution in [-0.2, 0) is 21.2 Å². The molecule has 0 spiro atoms. The molecule has 6 nitrogen and oxygen atoms in total. The maximum Gasteiger partial charge on any atom is 0.307 e. The minimum atomic E-state index is -3.84. The first-order valence-corrected chi connectivity index (χ1v) is 9.09. The predicted molar refractivity (Wildman–Crippen MR) is 87.4 cm³/mol. The molecule has 0 saturated carbocycles. The topological polar surface area (TPSA) is 92.7 Å². The van der Waals surface area contributed by atoms with Gasteiger partial charge in [0, 0.05) is 17.5 Å². The van der Waals surface area contributed by atoms with E-state index in [9.17, 15) is 17.6 Å². The van der Waals surface area contributed by atoms with Gasteiger partial charge in [0.2, 0.25) is 10.0 Å². The van der Waals surface area contributed by atoms with Crippen LogP contribution in [0.3, 0.4) is 0 Å². The number of hydrogen-bond acceptors (Lipinski definition) is 4. The summed E-state index contributed by atoms with van der Waals surface area (Å²) in [6.07, 6.45) is 0.199. The number of halogens is 1. The lowest BCUT2D eigenvalue weighted by Gasteiger charge is -2.28. The van der Waals surface area contributed by atoms with Crippen molar-refractivity contribution in [3.05, 3.63) is 59.4 Å². The van der Waals surface area contributed by atoms with Crippen molar-refractivity contribution in [2.45, 2.75) is 23.8 Å². The molecule has 0 amide bonds. The van der Waals surface area contributed by atoms with Crippen LogP contribution in [0.4, 0.5) is 4.39 Å². The molecule has 3 rings (SSSR count). The molecule has 132 valence electrons. The molecule has 1 atom stereocenters. The number of carbonyl (C=O) groups is 1. The summed E-state index contributed by atoms with van der Waals surface area (Å²) in [5, 5.41) is 8.99. The van der Waals surface area contributed by atoms with Crippen LogP contribution in [0.5, 0.6) is 5.75 Å². The number of aliphatic carboxylic acids is 1. The molecular weight excluding hydrogens is 349 g/mol. The molecule has 1 heterocycles. The lowest BCUT2D eigenvalue weighted by atomic mass is 9.97. The average Bonchev–Trinajstić information content (AvgIpc) is 2.55. The van der Waals surface area contributed by atoms with Gasteiger partial charge in [-0.1, -0.05) is 18.2 Å². The monoisotopic (exact) mass is 365 g/mol. The Bertz CT molecular complexity index is 896. The smallest absolute Gasteiger partial charge is 0.307 e. The van der Waals surface area contributed by atoms with E-state index in [1.165, 1.54) is 12.1 Å². The Labute approximate surface area is 144 Å². The molecule has 2 N–H and O–H groups in total. The van der Waals surface area contributed by atoms with Crippen molar-refractivity contribution in [3.8, 4) is 5.75 Å². The third kappa shape index (κ3) is 3.80. The normalized spacial score (nSPS) is 16.8. The van der Waals surface area contributed by atoms with Crippen molar-refractivity contribution >= 4 is 16.0 Å². The van der Waals surface area contributed by atoms with E-state index in [4.69, 9.17) is 9.84 Å². The first kappa shape index (κ1) is 17.4. The first-order valence-electron chi connectivity index (χ1n) is 7.61. The van der Waals surface area contributed by atoms with Crippen molar-refractivity contribution in [2.75, 3.05) is 6.61 Å². The Morgan fingerprint density at radius 1 is 1.24 bits per heavy atom. The molecule has 1 aliphatic rings. The third-order valence-corrected chi connectivity index (χ3v) is 5.41. The molecule has 0 fully saturated rings. The van der Waals surface area contributed by atoms with E-state index in [2.05, 4.69) is 4.72 Å². The molecule has 1 aliphatic heterocycles. The maximum absolute atomic E-state index is 13.0. The summed E-state index contributed by atoms with van der Waals surface area (Å²) in [4.78, 5) is 10.9. The predicted octanol–water partition coefficient (Wildman–Crippen LogP) is 2.25. The van der Waals surface area contributed by atoms with Gasteiger partial charge in [-0.2, -0.15) is 0 Å². The third-order valence-electron chi connectivity index (χ3n) is 3.92. The summed E-state index contributed by atoms with van der Waals surface area (Å²) < 4.78 is 46.2. The Morgan fingerprint density at radius 3 is 2.64 bits per heavy atom. The van der Waals surface area contributed by atoms with Gasteiger partial charge < -0.3 is 9.84 Å². The van der Waals surface area contributed by atoms with E-state index in [0.717, 1.165) is 12.1 Å². The number of para-hydroxylation sites is 1. The van der Waals surface area contributed by atoms with E-state index < -0.39 is 27.9 Å². The highest BCUT2D eigenvalue weighted by Crippen LogP contribution is 2.36. The van der Waals surface area contributed by atoms with Gasteiger partial charge in [0.15, 0.2) is 0 Å². The second kappa shape index (κ2) is 6.81. The van der Waals surface area contributed by atoms with Crippen LogP contribution < -0.4 is 9.46 Å². The van der Waals surface area contributed by atoms with Gasteiger partial charge in [-0.05, 0) is 24.3 Å². The molecule has 25 heavy (non-hydrogen) atoms. The van der Waals surface area contributed by atoms with Crippen LogP contribution in [0.25, 0.3) is 0 Å². The highest BCUT2D eigenvalue weighted by Gasteiger charge is 2.28. The number of fused-ring (bicyclic) bond motifs is 1. The second-order valence-electron chi connectivity index (χ2n) is 5.67. The SMILES string of the molecule is O=C(O)Cc1cccc2c1OCCC2NS(=O)(=O)c1ccc(F)cc1. The van der Waals surface area contributed by atoms with Crippen molar-refractivity contribution in [1.29, 1.82) is 0 Å². The Balaban J connectivity index is 1.91. The number of sulfonamides is 1. The highest BCUT2D eigenvalue weighted by molar-refractivity contribution is 7.89. The van der Waals surface area contributed by atoms with Gasteiger partial charge in [-0.3, -0.25) is 4.79 Å². The molecule has 1 unspecified atom stereocenters. The van der Waals surface area contributed by atoms with Crippen LogP contribution in [0, 0.1) is 5.82 Å². The fourth-order valence-electron chi connectivity index (χ4n) is 2.78. The van der Waals surface area contributed by atoms with Crippen molar-refractivity contribution in [2.24, 2.45) is 0 Å². The van der Waals surface area contributed by atoms with Crippen LogP contribution in [0.2, 0.25) is 0 Å². The quantitative estimate of drug-likeness (QED) is 0.848. The number of nitrogens with one attached hydrogen (secondary N) is 1. The maximum atomic E-state index is 13.0. The van der Waals surface area contributed by atoms with Crippen LogP contribution in [-0.4, -0.2) is 26.1 Å². The summed E-state index contributed by atoms with van der Waals surface area (Å²) in [5.41, 5.74) is 1.09. The zero-order chi connectivity index (χ0) is 18.0. The van der Waals surface area contributed by atoms with Crippen LogP contribution >= 0.6 is 0 Å². The Morgan fingerprint density at radius 2 is 1.96 bits per heavy atom. The van der Waals surface area contributed by atoms with Gasteiger partial charge in [-0.15, -0.1) is 0 Å². The number of ether oxygens (including phenoxy) is 1. The Hall–Kier alpha value is -2.45. The van der Waals surface area contributed by atoms with E-state index >= 15 is 0 Å². The molecule has 2 aromatic carbocycles. The standard InChI is InChI=1S/C17H16FNO5S/c18-12-4-6-13(7-5-12)25(22,23)19-15-8-9-24-17-11(10-16(20)21)2-1-3-14(15)17/h1-7,15,19H,8-10H2,(H,20,21). The largest absolute Gasteiger partial charge is 0.493 e. The summed E-state index contributed by atoms with van der Waals surface area (Å²) in [6.45, 7) is 0.264. The summed E-state index contributed by atoms with van der Waals surface area (Å²) >= 11 is 0. The van der Waals surface area contributed by atoms with Crippen LogP contribution in [0.1, 0.15) is 23.6 Å². The minimum Gasteiger partial charge on any atom is -0.493 e. The molecule has 0 radical (unpaired) electrons. The van der Waals surface area contributed by atoms with Gasteiger partial charge >= 0.3 is 5.97 Å². The zero-order valence-electron chi connectivity index (χ0n) is 13.1. The zero-order valence-corrected chi connectivity index (χ0v) is 13.9. The van der Waals surface area contributed by atoms with Crippen molar-refractivity contribution in [3.63, 3.8) is 0 Å². The molecule has 8 heteroatoms. The fourth-order valence-corrected chi connectivity index (χ4v) is 4.03. The fraction of sp³-hybridized carbons (Fsp3) is 0.235. The average molecular weight is 365 g/mol. The lowest BCUT2D eigenvalue weighted by molar-refractivity contribution is -0.136. The second-order valence-corrected chi connectivity index (χ2v) is 7.38. The Kier molecular flexibility index (Phi) is 4.73. The van der Waals surface area contributed by atoms with E-state index in [1.54, 1.807) is 18.2 Å². The molecule has 0 aliphatic carbocycles. The van der Waals surface area contributed by atoms with Gasteiger partial charge in [-0.25, -0.2) is 17.5 Å². The number of carboxylic acid groups (broad SMARTS) is 1. The van der Waals surface area contributed by atoms with Crippen molar-refractivity contribution in [1.82, 2.24) is 4.72 Å². The van der Waals surface area contributed by atoms with E-state index in [-0.39, 0.29) is 17.9 Å². The lowest BCUT2D eigenvalue weighted by Crippen LogP contribution is -2.32. The van der Waals surface area contributed by atoms with E-state index in [1.807, 2.05) is 0 Å². The molecule has 0 saturated heterocycles. The molecule has 2 aromatic rings. The van der Waals surface area contributed by atoms with Gasteiger partial charge in [0.1, 0.15) is 11.6 Å². The number of benzene rings is 2. The molecular formula is C17H16FNO5S. The summed E-state index contributed by atoms with van der Waals surface area (Å²) in [6, 6.07) is 9.02. The van der Waals surface area contributed by atoms with Crippen molar-refractivity contribution < 1.29 is 27.4 Å². The van der Waals surface area contributed by atoms with Crippen LogP contribution in [0.15, 0.2) is 47.4 Å². The molecule has 0 aromatic heterocycles. The summed E-state index contributed by atoms with van der Waals surface area (Å²) in [5.74, 6) is -1.11. The van der Waals surface area contributed by atoms with Gasteiger partial charge in [0.05, 0.1) is 24.0 Å². The highest BCUT2D eigenvalue weighted by atomic mass is 32.2. The minimum absolute atomic E-state index is 0.0383.